The number of alkyl halides is 3. The third-order valence-corrected chi connectivity index (χ3v) is 11.5. The fourth-order valence-electron chi connectivity index (χ4n) is 9.33. The Balaban J connectivity index is 1.32. The van der Waals surface area contributed by atoms with Gasteiger partial charge in [-0.2, -0.15) is 13.2 Å². The molecular formula is C28H38F3IO2. The van der Waals surface area contributed by atoms with Crippen molar-refractivity contribution in [2.45, 2.75) is 89.5 Å². The van der Waals surface area contributed by atoms with Crippen molar-refractivity contribution in [3.63, 3.8) is 0 Å². The normalized spacial score (nSPS) is 44.0. The van der Waals surface area contributed by atoms with Crippen LogP contribution in [0.4, 0.5) is 13.2 Å². The Kier molecular flexibility index (Phi) is 6.85. The highest BCUT2D eigenvalue weighted by Gasteiger charge is 2.62. The summed E-state index contributed by atoms with van der Waals surface area (Å²) in [6, 6.07) is 10.5. The summed E-state index contributed by atoms with van der Waals surface area (Å²) in [5.41, 5.74) is -0.953. The fourth-order valence-corrected chi connectivity index (χ4v) is 10.1. The van der Waals surface area contributed by atoms with E-state index in [9.17, 15) is 18.3 Å². The minimum atomic E-state index is -4.51. The van der Waals surface area contributed by atoms with Crippen molar-refractivity contribution in [1.29, 1.82) is 0 Å². The van der Waals surface area contributed by atoms with Gasteiger partial charge in [0.05, 0.1) is 6.10 Å². The Morgan fingerprint density at radius 3 is 2.35 bits per heavy atom. The summed E-state index contributed by atoms with van der Waals surface area (Å²) in [6.07, 6.45) is 2.54. The number of rotatable bonds is 4. The largest absolute Gasteiger partial charge is 0.417 e. The highest BCUT2D eigenvalue weighted by atomic mass is 127. The van der Waals surface area contributed by atoms with Crippen LogP contribution in [0.1, 0.15) is 83.3 Å². The van der Waals surface area contributed by atoms with Gasteiger partial charge in [-0.15, -0.1) is 0 Å². The molecule has 34 heavy (non-hydrogen) atoms. The van der Waals surface area contributed by atoms with Crippen LogP contribution in [0.2, 0.25) is 0 Å². The van der Waals surface area contributed by atoms with Gasteiger partial charge in [-0.3, -0.25) is 0 Å². The van der Waals surface area contributed by atoms with E-state index in [-0.39, 0.29) is 30.3 Å². The van der Waals surface area contributed by atoms with Gasteiger partial charge < -0.3 is 8.17 Å². The Morgan fingerprint density at radius 1 is 0.971 bits per heavy atom. The maximum Gasteiger partial charge on any atom is 0.417 e. The number of hydrogen-bond donors (Lipinski definition) is 1. The van der Waals surface area contributed by atoms with Gasteiger partial charge in [-0.05, 0) is 110 Å². The molecule has 2 nitrogen and oxygen atoms in total. The summed E-state index contributed by atoms with van der Waals surface area (Å²) >= 11 is 2.07. The van der Waals surface area contributed by atoms with Crippen LogP contribution in [0, 0.1) is 46.8 Å². The minimum Gasteiger partial charge on any atom is -0.380 e. The predicted molar refractivity (Wildman–Crippen MR) is 135 cm³/mol. The summed E-state index contributed by atoms with van der Waals surface area (Å²) in [5, 5.41) is 10.4. The second kappa shape index (κ2) is 9.20. The lowest BCUT2D eigenvalue weighted by molar-refractivity contribution is -0.282. The van der Waals surface area contributed by atoms with Crippen LogP contribution in [-0.4, -0.2) is 16.9 Å². The van der Waals surface area contributed by atoms with Crippen LogP contribution in [-0.2, 0) is 3.07 Å². The Labute approximate surface area is 216 Å². The molecule has 0 saturated heterocycles. The van der Waals surface area contributed by atoms with E-state index < -0.39 is 11.8 Å². The molecule has 4 aliphatic carbocycles. The van der Waals surface area contributed by atoms with Gasteiger partial charge in [0, 0.05) is 0 Å². The van der Waals surface area contributed by atoms with Gasteiger partial charge in [-0.1, -0.05) is 44.2 Å². The number of benzene rings is 1. The first-order valence-electron chi connectivity index (χ1n) is 13.2. The maximum atomic E-state index is 13.5. The Morgan fingerprint density at radius 2 is 1.68 bits per heavy atom. The van der Waals surface area contributed by atoms with Crippen molar-refractivity contribution >= 4 is 23.0 Å². The van der Waals surface area contributed by atoms with Crippen LogP contribution in [0.3, 0.4) is 0 Å². The second-order valence-corrected chi connectivity index (χ2v) is 12.7. The molecule has 1 aromatic rings. The standard InChI is InChI=1S/C28H38F3IO2/c1-17(25(34-32)18-6-4-3-5-7-18)23-10-11-24-22-9-8-19-16-27(33,28(29,30)31)15-13-20(19)21(22)12-14-26(23,24)2/h3-7,17,19-25,33H,8-16H2,1-2H3/t17-,19+,20-,21+,22+,23+,24-,25-,26+,27+/m0/s1. The molecule has 0 amide bonds. The van der Waals surface area contributed by atoms with Crippen molar-refractivity contribution in [3.05, 3.63) is 35.9 Å². The Bertz CT molecular complexity index is 863. The van der Waals surface area contributed by atoms with E-state index in [0.29, 0.717) is 41.9 Å². The first-order chi connectivity index (χ1) is 16.1. The number of fused-ring (bicyclic) bond motifs is 5. The molecule has 0 unspecified atom stereocenters. The molecule has 4 fully saturated rings. The zero-order chi connectivity index (χ0) is 24.3. The quantitative estimate of drug-likeness (QED) is 0.358. The smallest absolute Gasteiger partial charge is 0.380 e. The van der Waals surface area contributed by atoms with Gasteiger partial charge in [0.2, 0.25) is 0 Å². The first kappa shape index (κ1) is 25.3. The van der Waals surface area contributed by atoms with Crippen molar-refractivity contribution < 1.29 is 21.3 Å². The zero-order valence-corrected chi connectivity index (χ0v) is 22.4. The van der Waals surface area contributed by atoms with E-state index in [4.69, 9.17) is 3.07 Å². The molecule has 1 N–H and O–H groups in total. The molecule has 0 heterocycles. The summed E-state index contributed by atoms with van der Waals surface area (Å²) in [4.78, 5) is 0. The molecular weight excluding hydrogens is 552 g/mol. The lowest BCUT2D eigenvalue weighted by Gasteiger charge is -2.57. The molecule has 5 rings (SSSR count). The van der Waals surface area contributed by atoms with E-state index in [0.717, 1.165) is 19.3 Å². The van der Waals surface area contributed by atoms with Gasteiger partial charge in [0.1, 0.15) is 23.0 Å². The molecule has 1 aromatic carbocycles. The molecule has 0 aromatic heterocycles. The molecule has 0 bridgehead atoms. The number of hydrogen-bond acceptors (Lipinski definition) is 2. The summed E-state index contributed by atoms with van der Waals surface area (Å²) in [6.45, 7) is 4.86. The maximum absolute atomic E-state index is 13.5. The van der Waals surface area contributed by atoms with Crippen LogP contribution in [0.5, 0.6) is 0 Å². The molecule has 190 valence electrons. The molecule has 0 radical (unpaired) electrons. The fraction of sp³-hybridized carbons (Fsp3) is 0.786. The van der Waals surface area contributed by atoms with Crippen LogP contribution in [0.15, 0.2) is 30.3 Å². The van der Waals surface area contributed by atoms with E-state index in [1.807, 2.05) is 6.07 Å². The van der Waals surface area contributed by atoms with Gasteiger partial charge in [0.15, 0.2) is 5.60 Å². The van der Waals surface area contributed by atoms with Crippen molar-refractivity contribution in [1.82, 2.24) is 0 Å². The average molecular weight is 591 g/mol. The Hall–Kier alpha value is -0.340. The first-order valence-corrected chi connectivity index (χ1v) is 14.1. The van der Waals surface area contributed by atoms with Crippen molar-refractivity contribution in [2.24, 2.45) is 46.8 Å². The summed E-state index contributed by atoms with van der Waals surface area (Å²) < 4.78 is 46.6. The van der Waals surface area contributed by atoms with E-state index in [1.54, 1.807) is 0 Å². The topological polar surface area (TPSA) is 29.5 Å². The van der Waals surface area contributed by atoms with Crippen molar-refractivity contribution in [2.75, 3.05) is 0 Å². The molecule has 0 spiro atoms. The monoisotopic (exact) mass is 590 g/mol. The van der Waals surface area contributed by atoms with E-state index in [1.165, 1.54) is 24.8 Å². The van der Waals surface area contributed by atoms with Crippen molar-refractivity contribution in [3.8, 4) is 0 Å². The van der Waals surface area contributed by atoms with Gasteiger partial charge in [-0.25, -0.2) is 0 Å². The summed E-state index contributed by atoms with van der Waals surface area (Å²) in [7, 11) is 0. The lowest BCUT2D eigenvalue weighted by atomic mass is 9.48. The third-order valence-electron chi connectivity index (χ3n) is 10.9. The minimum absolute atomic E-state index is 0.0250. The molecule has 4 saturated carbocycles. The highest BCUT2D eigenvalue weighted by molar-refractivity contribution is 14.1. The van der Waals surface area contributed by atoms with Gasteiger partial charge >= 0.3 is 6.18 Å². The molecule has 10 atom stereocenters. The van der Waals surface area contributed by atoms with Crippen LogP contribution in [0.25, 0.3) is 0 Å². The lowest BCUT2D eigenvalue weighted by Crippen LogP contribution is -2.55. The number of aliphatic hydroxyl groups is 1. The van der Waals surface area contributed by atoms with Gasteiger partial charge in [0.25, 0.3) is 0 Å². The SMILES string of the molecule is C[C@H]([C@H](OI)c1ccccc1)[C@H]1CC[C@H]2[C@@H]3CC[C@@H]4C[C@@](O)(C(F)(F)F)CC[C@@H]4[C@H]3CC[C@]12C. The average Bonchev–Trinajstić information content (AvgIpc) is 3.16. The molecule has 0 aliphatic heterocycles. The second-order valence-electron chi connectivity index (χ2n) is 12.2. The molecule has 4 aliphatic rings. The van der Waals surface area contributed by atoms with E-state index >= 15 is 0 Å². The highest BCUT2D eigenvalue weighted by Crippen LogP contribution is 2.67. The zero-order valence-electron chi connectivity index (χ0n) is 20.2. The number of halogens is 4. The predicted octanol–water partition coefficient (Wildman–Crippen LogP) is 8.29. The van der Waals surface area contributed by atoms with E-state index in [2.05, 4.69) is 61.1 Å². The molecule has 6 heteroatoms. The summed E-state index contributed by atoms with van der Waals surface area (Å²) in [5.74, 6) is 3.22. The third kappa shape index (κ3) is 4.06. The van der Waals surface area contributed by atoms with Crippen LogP contribution < -0.4 is 0 Å². The van der Waals surface area contributed by atoms with Crippen LogP contribution >= 0.6 is 23.0 Å².